The largest absolute Gasteiger partial charge is 0.298 e. The highest BCUT2D eigenvalue weighted by atomic mass is 16.2. The SMILES string of the molecule is CC(C)C(=O)C1(N2C(=O)C=CC2=O)CN(CCCCc2ccccc2)C1. The fourth-order valence-corrected chi connectivity index (χ4v) is 3.93. The highest BCUT2D eigenvalue weighted by Crippen LogP contribution is 2.34. The number of hydrogen-bond donors (Lipinski definition) is 0. The summed E-state index contributed by atoms with van der Waals surface area (Å²) in [5, 5.41) is 0. The number of benzene rings is 1. The van der Waals surface area contributed by atoms with E-state index in [-0.39, 0.29) is 23.5 Å². The van der Waals surface area contributed by atoms with Crippen LogP contribution in [0.1, 0.15) is 32.3 Å². The van der Waals surface area contributed by atoms with Gasteiger partial charge in [0.1, 0.15) is 5.54 Å². The molecule has 0 aliphatic carbocycles. The predicted octanol–water partition coefficient (Wildman–Crippen LogP) is 2.21. The van der Waals surface area contributed by atoms with Crippen molar-refractivity contribution in [2.24, 2.45) is 5.92 Å². The molecule has 0 unspecified atom stereocenters. The van der Waals surface area contributed by atoms with Crippen molar-refractivity contribution in [2.45, 2.75) is 38.6 Å². The van der Waals surface area contributed by atoms with Gasteiger partial charge in [-0.05, 0) is 31.4 Å². The molecule has 0 aromatic heterocycles. The Morgan fingerprint density at radius 2 is 1.65 bits per heavy atom. The fraction of sp³-hybridized carbons (Fsp3) is 0.476. The first-order valence-corrected chi connectivity index (χ1v) is 9.31. The van der Waals surface area contributed by atoms with Crippen molar-refractivity contribution in [2.75, 3.05) is 19.6 Å². The van der Waals surface area contributed by atoms with Crippen LogP contribution in [0.4, 0.5) is 0 Å². The van der Waals surface area contributed by atoms with E-state index in [0.29, 0.717) is 13.1 Å². The lowest BCUT2D eigenvalue weighted by Crippen LogP contribution is -2.75. The topological polar surface area (TPSA) is 57.7 Å². The maximum atomic E-state index is 12.8. The number of Topliss-reactive ketones (excluding diaryl/α,β-unsaturated/α-hetero) is 1. The first kappa shape index (κ1) is 18.5. The minimum absolute atomic E-state index is 0.0246. The van der Waals surface area contributed by atoms with E-state index in [9.17, 15) is 14.4 Å². The van der Waals surface area contributed by atoms with Crippen LogP contribution in [0, 0.1) is 5.92 Å². The number of unbranched alkanes of at least 4 members (excludes halogenated alkanes) is 1. The van der Waals surface area contributed by atoms with Crippen LogP contribution in [0.15, 0.2) is 42.5 Å². The second-order valence-corrected chi connectivity index (χ2v) is 7.55. The van der Waals surface area contributed by atoms with E-state index in [0.717, 1.165) is 25.8 Å². The van der Waals surface area contributed by atoms with Crippen LogP contribution >= 0.6 is 0 Å². The number of nitrogens with zero attached hydrogens (tertiary/aromatic N) is 2. The molecular formula is C21H26N2O3. The normalized spacial score (nSPS) is 19.3. The van der Waals surface area contributed by atoms with E-state index >= 15 is 0 Å². The van der Waals surface area contributed by atoms with Crippen molar-refractivity contribution in [3.8, 4) is 0 Å². The van der Waals surface area contributed by atoms with Gasteiger partial charge in [0.25, 0.3) is 11.8 Å². The molecule has 5 heteroatoms. The number of likely N-dealkylation sites (tertiary alicyclic amines) is 1. The molecule has 0 saturated carbocycles. The van der Waals surface area contributed by atoms with Crippen LogP contribution in [-0.2, 0) is 20.8 Å². The zero-order valence-corrected chi connectivity index (χ0v) is 15.5. The monoisotopic (exact) mass is 354 g/mol. The summed E-state index contributed by atoms with van der Waals surface area (Å²) >= 11 is 0. The lowest BCUT2D eigenvalue weighted by molar-refractivity contribution is -0.164. The van der Waals surface area contributed by atoms with E-state index in [1.165, 1.54) is 22.6 Å². The molecule has 1 aromatic carbocycles. The summed E-state index contributed by atoms with van der Waals surface area (Å²) in [6.45, 7) is 5.43. The summed E-state index contributed by atoms with van der Waals surface area (Å²) in [4.78, 5) is 40.4. The van der Waals surface area contributed by atoms with E-state index in [1.807, 2.05) is 19.9 Å². The average Bonchev–Trinajstić information content (AvgIpc) is 2.93. The van der Waals surface area contributed by atoms with E-state index in [4.69, 9.17) is 0 Å². The number of rotatable bonds is 8. The predicted molar refractivity (Wildman–Crippen MR) is 99.4 cm³/mol. The zero-order valence-electron chi connectivity index (χ0n) is 15.5. The summed E-state index contributed by atoms with van der Waals surface area (Å²) in [6, 6.07) is 10.4. The van der Waals surface area contributed by atoms with Crippen LogP contribution < -0.4 is 0 Å². The minimum atomic E-state index is -0.981. The molecule has 1 aromatic rings. The van der Waals surface area contributed by atoms with Gasteiger partial charge in [-0.2, -0.15) is 0 Å². The van der Waals surface area contributed by atoms with Gasteiger partial charge in [-0.3, -0.25) is 24.2 Å². The summed E-state index contributed by atoms with van der Waals surface area (Å²) in [5.74, 6) is -0.972. The van der Waals surface area contributed by atoms with Gasteiger partial charge < -0.3 is 0 Å². The van der Waals surface area contributed by atoms with Crippen molar-refractivity contribution < 1.29 is 14.4 Å². The molecule has 2 heterocycles. The van der Waals surface area contributed by atoms with Crippen molar-refractivity contribution in [3.63, 3.8) is 0 Å². The van der Waals surface area contributed by atoms with Gasteiger partial charge in [0.2, 0.25) is 0 Å². The summed E-state index contributed by atoms with van der Waals surface area (Å²) in [6.07, 6.45) is 5.67. The molecule has 1 saturated heterocycles. The van der Waals surface area contributed by atoms with Gasteiger partial charge in [-0.1, -0.05) is 44.2 Å². The summed E-state index contributed by atoms with van der Waals surface area (Å²) < 4.78 is 0. The Kier molecular flexibility index (Phi) is 5.37. The van der Waals surface area contributed by atoms with E-state index < -0.39 is 5.54 Å². The Bertz CT molecular complexity index is 700. The number of hydrogen-bond acceptors (Lipinski definition) is 4. The number of carbonyl (C=O) groups is 3. The minimum Gasteiger partial charge on any atom is -0.298 e. The van der Waals surface area contributed by atoms with Crippen LogP contribution in [0.25, 0.3) is 0 Å². The number of carbonyl (C=O) groups excluding carboxylic acids is 3. The van der Waals surface area contributed by atoms with Gasteiger partial charge in [0.05, 0.1) is 0 Å². The van der Waals surface area contributed by atoms with E-state index in [1.54, 1.807) is 0 Å². The van der Waals surface area contributed by atoms with Crippen molar-refractivity contribution >= 4 is 17.6 Å². The zero-order chi connectivity index (χ0) is 18.7. The van der Waals surface area contributed by atoms with Crippen LogP contribution in [0.2, 0.25) is 0 Å². The van der Waals surface area contributed by atoms with Gasteiger partial charge in [-0.25, -0.2) is 0 Å². The molecule has 138 valence electrons. The molecule has 0 spiro atoms. The van der Waals surface area contributed by atoms with Gasteiger partial charge in [-0.15, -0.1) is 0 Å². The second-order valence-electron chi connectivity index (χ2n) is 7.55. The molecule has 5 nitrogen and oxygen atoms in total. The Labute approximate surface area is 154 Å². The Balaban J connectivity index is 1.55. The Hall–Kier alpha value is -2.27. The summed E-state index contributed by atoms with van der Waals surface area (Å²) in [7, 11) is 0. The average molecular weight is 354 g/mol. The molecule has 0 N–H and O–H groups in total. The first-order valence-electron chi connectivity index (χ1n) is 9.31. The maximum absolute atomic E-state index is 12.8. The molecule has 1 fully saturated rings. The molecule has 0 atom stereocenters. The van der Waals surface area contributed by atoms with Crippen molar-refractivity contribution in [1.82, 2.24) is 9.80 Å². The highest BCUT2D eigenvalue weighted by Gasteiger charge is 2.57. The second kappa shape index (κ2) is 7.54. The third-order valence-electron chi connectivity index (χ3n) is 5.22. The standard InChI is InChI=1S/C21H26N2O3/c1-16(2)20(26)21(23-18(24)11-12-19(23)25)14-22(15-21)13-7-6-10-17-8-4-3-5-9-17/h3-5,8-9,11-12,16H,6-7,10,13-15H2,1-2H3. The number of ketones is 1. The third-order valence-corrected chi connectivity index (χ3v) is 5.22. The van der Waals surface area contributed by atoms with Crippen molar-refractivity contribution in [1.29, 1.82) is 0 Å². The molecule has 2 aliphatic rings. The first-order chi connectivity index (χ1) is 12.4. The summed E-state index contributed by atoms with van der Waals surface area (Å²) in [5.41, 5.74) is 0.352. The van der Waals surface area contributed by atoms with Gasteiger partial charge in [0.15, 0.2) is 5.78 Å². The lowest BCUT2D eigenvalue weighted by atomic mass is 9.78. The smallest absolute Gasteiger partial charge is 0.254 e. The number of amides is 2. The molecule has 2 aliphatic heterocycles. The lowest BCUT2D eigenvalue weighted by Gasteiger charge is -2.53. The maximum Gasteiger partial charge on any atom is 0.254 e. The quantitative estimate of drug-likeness (QED) is 0.531. The molecule has 3 rings (SSSR count). The van der Waals surface area contributed by atoms with Crippen LogP contribution in [-0.4, -0.2) is 52.6 Å². The van der Waals surface area contributed by atoms with E-state index in [2.05, 4.69) is 29.2 Å². The fourth-order valence-electron chi connectivity index (χ4n) is 3.93. The van der Waals surface area contributed by atoms with Gasteiger partial charge >= 0.3 is 0 Å². The molecule has 0 radical (unpaired) electrons. The van der Waals surface area contributed by atoms with Gasteiger partial charge in [0, 0.05) is 31.2 Å². The molecule has 26 heavy (non-hydrogen) atoms. The number of aryl methyl sites for hydroxylation is 1. The Morgan fingerprint density at radius 1 is 1.04 bits per heavy atom. The van der Waals surface area contributed by atoms with Crippen molar-refractivity contribution in [3.05, 3.63) is 48.0 Å². The van der Waals surface area contributed by atoms with Crippen LogP contribution in [0.3, 0.4) is 0 Å². The molecule has 2 amide bonds. The number of imide groups is 1. The third kappa shape index (κ3) is 3.49. The molecule has 0 bridgehead atoms. The Morgan fingerprint density at radius 3 is 2.23 bits per heavy atom. The molecular weight excluding hydrogens is 328 g/mol. The van der Waals surface area contributed by atoms with Crippen LogP contribution in [0.5, 0.6) is 0 Å². The highest BCUT2D eigenvalue weighted by molar-refractivity contribution is 6.16.